The van der Waals surface area contributed by atoms with Crippen molar-refractivity contribution < 1.29 is 4.74 Å². The average Bonchev–Trinajstić information content (AvgIpc) is 2.80. The third-order valence-corrected chi connectivity index (χ3v) is 2.80. The number of nitrogens with zero attached hydrogens (tertiary/aromatic N) is 1. The van der Waals surface area contributed by atoms with Crippen molar-refractivity contribution in [2.75, 3.05) is 7.11 Å². The van der Waals surface area contributed by atoms with Crippen LogP contribution < -0.4 is 10.5 Å². The largest absolute Gasteiger partial charge is 0.496 e. The predicted molar refractivity (Wildman–Crippen MR) is 67.1 cm³/mol. The molecule has 17 heavy (non-hydrogen) atoms. The average molecular weight is 231 g/mol. The Balaban J connectivity index is 2.50. The van der Waals surface area contributed by atoms with Gasteiger partial charge in [-0.05, 0) is 19.4 Å². The number of hydrogen-bond acceptors (Lipinski definition) is 3. The van der Waals surface area contributed by atoms with Gasteiger partial charge in [0.15, 0.2) is 0 Å². The molecule has 0 fully saturated rings. The van der Waals surface area contributed by atoms with Gasteiger partial charge in [-0.1, -0.05) is 17.7 Å². The first kappa shape index (κ1) is 11.7. The third-order valence-electron chi connectivity index (χ3n) is 2.80. The van der Waals surface area contributed by atoms with Gasteiger partial charge in [0.2, 0.25) is 0 Å². The molecule has 1 atom stereocenters. The maximum atomic E-state index is 6.20. The number of ether oxygens (including phenoxy) is 1. The number of nitrogens with one attached hydrogen (secondary N) is 1. The molecule has 0 aliphatic heterocycles. The Kier molecular flexibility index (Phi) is 3.15. The van der Waals surface area contributed by atoms with Crippen molar-refractivity contribution in [2.45, 2.75) is 19.9 Å². The van der Waals surface area contributed by atoms with Crippen LogP contribution in [0.25, 0.3) is 0 Å². The van der Waals surface area contributed by atoms with E-state index >= 15 is 0 Å². The molecule has 0 saturated heterocycles. The van der Waals surface area contributed by atoms with E-state index in [0.717, 1.165) is 22.7 Å². The molecule has 0 saturated carbocycles. The van der Waals surface area contributed by atoms with Crippen molar-refractivity contribution in [3.05, 3.63) is 47.0 Å². The lowest BCUT2D eigenvalue weighted by atomic mass is 9.99. The fourth-order valence-corrected chi connectivity index (χ4v) is 2.09. The van der Waals surface area contributed by atoms with Gasteiger partial charge in [0.1, 0.15) is 11.6 Å². The molecule has 0 aliphatic carbocycles. The Morgan fingerprint density at radius 2 is 2.12 bits per heavy atom. The normalized spacial score (nSPS) is 12.5. The van der Waals surface area contributed by atoms with Gasteiger partial charge in [-0.15, -0.1) is 0 Å². The van der Waals surface area contributed by atoms with Gasteiger partial charge < -0.3 is 15.5 Å². The van der Waals surface area contributed by atoms with E-state index in [1.54, 1.807) is 19.5 Å². The van der Waals surface area contributed by atoms with Crippen LogP contribution in [0, 0.1) is 13.8 Å². The molecule has 0 spiro atoms. The second-order valence-electron chi connectivity index (χ2n) is 4.16. The van der Waals surface area contributed by atoms with Crippen LogP contribution in [-0.2, 0) is 0 Å². The molecule has 0 amide bonds. The quantitative estimate of drug-likeness (QED) is 0.850. The van der Waals surface area contributed by atoms with Crippen LogP contribution in [-0.4, -0.2) is 17.1 Å². The standard InChI is InChI=1S/C13H17N3O/c1-8-6-9(2)12(17-3)10(7-8)11(14)13-15-4-5-16-13/h4-7,11H,14H2,1-3H3,(H,15,16). The zero-order chi connectivity index (χ0) is 12.4. The van der Waals surface area contributed by atoms with Crippen molar-refractivity contribution >= 4 is 0 Å². The van der Waals surface area contributed by atoms with Crippen molar-refractivity contribution in [1.29, 1.82) is 0 Å². The number of methoxy groups -OCH3 is 1. The minimum atomic E-state index is -0.293. The van der Waals surface area contributed by atoms with E-state index in [2.05, 4.69) is 16.0 Å². The number of aromatic nitrogens is 2. The number of aryl methyl sites for hydroxylation is 2. The molecule has 0 bridgehead atoms. The van der Waals surface area contributed by atoms with Crippen molar-refractivity contribution in [3.8, 4) is 5.75 Å². The first-order chi connectivity index (χ1) is 8.13. The summed E-state index contributed by atoms with van der Waals surface area (Å²) in [6.45, 7) is 4.06. The molecule has 0 radical (unpaired) electrons. The van der Waals surface area contributed by atoms with Crippen LogP contribution in [0.3, 0.4) is 0 Å². The highest BCUT2D eigenvalue weighted by Gasteiger charge is 2.17. The first-order valence-corrected chi connectivity index (χ1v) is 5.53. The minimum absolute atomic E-state index is 0.293. The van der Waals surface area contributed by atoms with E-state index in [9.17, 15) is 0 Å². The highest BCUT2D eigenvalue weighted by atomic mass is 16.5. The van der Waals surface area contributed by atoms with Crippen LogP contribution in [0.15, 0.2) is 24.5 Å². The second kappa shape index (κ2) is 4.59. The smallest absolute Gasteiger partial charge is 0.127 e. The number of hydrogen-bond donors (Lipinski definition) is 2. The summed E-state index contributed by atoms with van der Waals surface area (Å²) in [7, 11) is 1.66. The van der Waals surface area contributed by atoms with E-state index in [1.165, 1.54) is 5.56 Å². The number of H-pyrrole nitrogens is 1. The second-order valence-corrected chi connectivity index (χ2v) is 4.16. The van der Waals surface area contributed by atoms with Gasteiger partial charge in [0, 0.05) is 18.0 Å². The summed E-state index contributed by atoms with van der Waals surface area (Å²) in [6, 6.07) is 3.83. The Hall–Kier alpha value is -1.81. The molecular weight excluding hydrogens is 214 g/mol. The van der Waals surface area contributed by atoms with Crippen LogP contribution >= 0.6 is 0 Å². The first-order valence-electron chi connectivity index (χ1n) is 5.53. The Morgan fingerprint density at radius 1 is 1.35 bits per heavy atom. The van der Waals surface area contributed by atoms with Gasteiger partial charge >= 0.3 is 0 Å². The Bertz CT molecular complexity index is 506. The summed E-state index contributed by atoms with van der Waals surface area (Å²) in [4.78, 5) is 7.23. The molecule has 1 aromatic carbocycles. The molecule has 2 aromatic rings. The van der Waals surface area contributed by atoms with Crippen molar-refractivity contribution in [3.63, 3.8) is 0 Å². The molecule has 90 valence electrons. The van der Waals surface area contributed by atoms with E-state index in [0.29, 0.717) is 0 Å². The van der Waals surface area contributed by atoms with Gasteiger partial charge in [-0.25, -0.2) is 4.98 Å². The SMILES string of the molecule is COc1c(C)cc(C)cc1C(N)c1ncc[nH]1. The maximum Gasteiger partial charge on any atom is 0.127 e. The van der Waals surface area contributed by atoms with E-state index in [4.69, 9.17) is 10.5 Å². The van der Waals surface area contributed by atoms with Crippen LogP contribution in [0.1, 0.15) is 28.6 Å². The van der Waals surface area contributed by atoms with Crippen molar-refractivity contribution in [2.24, 2.45) is 5.73 Å². The van der Waals surface area contributed by atoms with Gasteiger partial charge in [-0.2, -0.15) is 0 Å². The molecule has 1 heterocycles. The summed E-state index contributed by atoms with van der Waals surface area (Å²) in [5.41, 5.74) is 9.41. The highest BCUT2D eigenvalue weighted by Crippen LogP contribution is 2.31. The van der Waals surface area contributed by atoms with Crippen LogP contribution in [0.5, 0.6) is 5.75 Å². The topological polar surface area (TPSA) is 63.9 Å². The number of benzene rings is 1. The van der Waals surface area contributed by atoms with E-state index in [-0.39, 0.29) is 6.04 Å². The lowest BCUT2D eigenvalue weighted by Crippen LogP contribution is -2.15. The zero-order valence-corrected chi connectivity index (χ0v) is 10.3. The lowest BCUT2D eigenvalue weighted by molar-refractivity contribution is 0.404. The van der Waals surface area contributed by atoms with Gasteiger partial charge in [0.05, 0.1) is 13.2 Å². The molecule has 0 aliphatic rings. The molecule has 4 heteroatoms. The number of imidazole rings is 1. The van der Waals surface area contributed by atoms with E-state index in [1.807, 2.05) is 19.9 Å². The van der Waals surface area contributed by atoms with Gasteiger partial charge in [0.25, 0.3) is 0 Å². The fourth-order valence-electron chi connectivity index (χ4n) is 2.09. The third kappa shape index (κ3) is 2.17. The molecular formula is C13H17N3O. The number of aromatic amines is 1. The molecule has 4 nitrogen and oxygen atoms in total. The lowest BCUT2D eigenvalue weighted by Gasteiger charge is -2.17. The molecule has 3 N–H and O–H groups in total. The summed E-state index contributed by atoms with van der Waals surface area (Å²) in [6.07, 6.45) is 3.47. The monoisotopic (exact) mass is 231 g/mol. The number of rotatable bonds is 3. The minimum Gasteiger partial charge on any atom is -0.496 e. The Morgan fingerprint density at radius 3 is 2.71 bits per heavy atom. The van der Waals surface area contributed by atoms with Crippen molar-refractivity contribution in [1.82, 2.24) is 9.97 Å². The molecule has 1 aromatic heterocycles. The van der Waals surface area contributed by atoms with Crippen LogP contribution in [0.4, 0.5) is 0 Å². The summed E-state index contributed by atoms with van der Waals surface area (Å²) < 4.78 is 5.43. The van der Waals surface area contributed by atoms with E-state index < -0.39 is 0 Å². The molecule has 1 unspecified atom stereocenters. The summed E-state index contributed by atoms with van der Waals surface area (Å²) >= 11 is 0. The summed E-state index contributed by atoms with van der Waals surface area (Å²) in [5.74, 6) is 1.58. The number of nitrogens with two attached hydrogens (primary N) is 1. The highest BCUT2D eigenvalue weighted by molar-refractivity contribution is 5.47. The zero-order valence-electron chi connectivity index (χ0n) is 10.3. The maximum absolute atomic E-state index is 6.20. The summed E-state index contributed by atoms with van der Waals surface area (Å²) in [5, 5.41) is 0. The van der Waals surface area contributed by atoms with Crippen LogP contribution in [0.2, 0.25) is 0 Å². The Labute approximate surface area is 101 Å². The molecule has 2 rings (SSSR count). The van der Waals surface area contributed by atoms with Gasteiger partial charge in [-0.3, -0.25) is 0 Å². The fraction of sp³-hybridized carbons (Fsp3) is 0.308. The predicted octanol–water partition coefficient (Wildman–Crippen LogP) is 2.08.